The van der Waals surface area contributed by atoms with Gasteiger partial charge in [-0.2, -0.15) is 0 Å². The van der Waals surface area contributed by atoms with Crippen LogP contribution in [0.3, 0.4) is 0 Å². The van der Waals surface area contributed by atoms with Crippen molar-refractivity contribution < 1.29 is 13.5 Å². The van der Waals surface area contributed by atoms with E-state index in [1.54, 1.807) is 30.6 Å². The number of hydrogen-bond acceptors (Lipinski definition) is 2. The molecule has 0 amide bonds. The van der Waals surface area contributed by atoms with Crippen LogP contribution in [0.25, 0.3) is 22.5 Å². The highest BCUT2D eigenvalue weighted by atomic mass is 19.2. The van der Waals surface area contributed by atoms with Crippen LogP contribution < -0.4 is 4.74 Å². The molecule has 2 aromatic carbocycles. The van der Waals surface area contributed by atoms with Gasteiger partial charge in [0.1, 0.15) is 11.6 Å². The van der Waals surface area contributed by atoms with Gasteiger partial charge < -0.3 is 9.72 Å². The quantitative estimate of drug-likeness (QED) is 0.189. The molecule has 0 atom stereocenters. The van der Waals surface area contributed by atoms with Crippen molar-refractivity contribution in [2.75, 3.05) is 6.61 Å². The summed E-state index contributed by atoms with van der Waals surface area (Å²) in [5.41, 5.74) is 1.97. The van der Waals surface area contributed by atoms with Crippen LogP contribution in [0.5, 0.6) is 5.75 Å². The van der Waals surface area contributed by atoms with Gasteiger partial charge in [-0.25, -0.2) is 13.8 Å². The van der Waals surface area contributed by atoms with Crippen molar-refractivity contribution in [2.45, 2.75) is 97.3 Å². The van der Waals surface area contributed by atoms with Crippen molar-refractivity contribution in [3.8, 4) is 28.3 Å². The van der Waals surface area contributed by atoms with Crippen LogP contribution >= 0.6 is 0 Å². The molecule has 0 saturated carbocycles. The Bertz CT molecular complexity index is 1030. The molecule has 0 unspecified atom stereocenters. The molecular formula is C31H42F2N2O. The van der Waals surface area contributed by atoms with Crippen LogP contribution in [0.15, 0.2) is 42.7 Å². The summed E-state index contributed by atoms with van der Waals surface area (Å²) in [6.07, 6.45) is 17.8. The Kier molecular flexibility index (Phi) is 12.0. The van der Waals surface area contributed by atoms with E-state index in [0.717, 1.165) is 32.1 Å². The van der Waals surface area contributed by atoms with Gasteiger partial charge in [-0.3, -0.25) is 0 Å². The summed E-state index contributed by atoms with van der Waals surface area (Å²) in [5.74, 6) is -0.280. The lowest BCUT2D eigenvalue weighted by Gasteiger charge is -2.14. The Morgan fingerprint density at radius 1 is 0.722 bits per heavy atom. The number of benzene rings is 2. The van der Waals surface area contributed by atoms with Crippen molar-refractivity contribution >= 4 is 0 Å². The van der Waals surface area contributed by atoms with Crippen molar-refractivity contribution in [3.63, 3.8) is 0 Å². The molecule has 1 heterocycles. The third kappa shape index (κ3) is 8.18. The third-order valence-electron chi connectivity index (χ3n) is 6.76. The summed E-state index contributed by atoms with van der Waals surface area (Å²) in [7, 11) is 0. The molecule has 3 nitrogen and oxygen atoms in total. The average molecular weight is 497 g/mol. The Hall–Kier alpha value is -2.69. The van der Waals surface area contributed by atoms with E-state index in [4.69, 9.17) is 4.74 Å². The van der Waals surface area contributed by atoms with E-state index in [1.807, 2.05) is 12.1 Å². The number of imidazole rings is 1. The minimum absolute atomic E-state index is 0.232. The molecule has 3 aromatic rings. The topological polar surface area (TPSA) is 37.9 Å². The van der Waals surface area contributed by atoms with Crippen molar-refractivity contribution in [3.05, 3.63) is 59.9 Å². The maximum absolute atomic E-state index is 15.4. The molecule has 0 bridgehead atoms. The fourth-order valence-corrected chi connectivity index (χ4v) is 4.61. The summed E-state index contributed by atoms with van der Waals surface area (Å²) < 4.78 is 36.5. The summed E-state index contributed by atoms with van der Waals surface area (Å²) in [6.45, 7) is 5.01. The summed E-state index contributed by atoms with van der Waals surface area (Å²) in [6, 6.07) is 8.98. The fourth-order valence-electron chi connectivity index (χ4n) is 4.61. The van der Waals surface area contributed by atoms with Crippen molar-refractivity contribution in [2.24, 2.45) is 0 Å². The van der Waals surface area contributed by atoms with Crippen LogP contribution in [0.4, 0.5) is 8.78 Å². The Morgan fingerprint density at radius 3 is 2.08 bits per heavy atom. The molecule has 0 aliphatic rings. The number of rotatable bonds is 17. The Morgan fingerprint density at radius 2 is 1.39 bits per heavy atom. The van der Waals surface area contributed by atoms with Gasteiger partial charge in [-0.15, -0.1) is 0 Å². The first-order chi connectivity index (χ1) is 17.7. The second kappa shape index (κ2) is 15.4. The highest BCUT2D eigenvalue weighted by Gasteiger charge is 2.19. The highest BCUT2D eigenvalue weighted by molar-refractivity contribution is 5.82. The molecule has 0 spiro atoms. The maximum atomic E-state index is 15.4. The van der Waals surface area contributed by atoms with Crippen LogP contribution in [0.2, 0.25) is 0 Å². The molecule has 0 fully saturated rings. The number of nitrogens with one attached hydrogen (secondary N) is 1. The highest BCUT2D eigenvalue weighted by Crippen LogP contribution is 2.36. The molecule has 5 heteroatoms. The van der Waals surface area contributed by atoms with E-state index >= 15 is 8.78 Å². The predicted octanol–water partition coefficient (Wildman–Crippen LogP) is 9.66. The zero-order valence-corrected chi connectivity index (χ0v) is 22.1. The number of unbranched alkanes of at least 4 members (excludes halogenated alkanes) is 10. The van der Waals surface area contributed by atoms with Gasteiger partial charge in [0.05, 0.1) is 6.61 Å². The monoisotopic (exact) mass is 496 g/mol. The van der Waals surface area contributed by atoms with Crippen LogP contribution in [0, 0.1) is 11.6 Å². The average Bonchev–Trinajstić information content (AvgIpc) is 3.43. The van der Waals surface area contributed by atoms with Gasteiger partial charge >= 0.3 is 0 Å². The van der Waals surface area contributed by atoms with Gasteiger partial charge in [-0.1, -0.05) is 90.2 Å². The first kappa shape index (κ1) is 27.9. The molecule has 0 saturated heterocycles. The summed E-state index contributed by atoms with van der Waals surface area (Å²) in [4.78, 5) is 7.43. The van der Waals surface area contributed by atoms with Crippen LogP contribution in [-0.4, -0.2) is 16.6 Å². The number of halogens is 2. The van der Waals surface area contributed by atoms with Gasteiger partial charge in [-0.05, 0) is 48.6 Å². The normalized spacial score (nSPS) is 11.2. The second-order valence-electron chi connectivity index (χ2n) is 9.68. The van der Waals surface area contributed by atoms with E-state index in [9.17, 15) is 0 Å². The number of H-pyrrole nitrogens is 1. The van der Waals surface area contributed by atoms with Crippen LogP contribution in [0.1, 0.15) is 96.5 Å². The molecule has 196 valence electrons. The summed E-state index contributed by atoms with van der Waals surface area (Å²) >= 11 is 0. The lowest BCUT2D eigenvalue weighted by atomic mass is 9.95. The van der Waals surface area contributed by atoms with Gasteiger partial charge in [0.25, 0.3) is 0 Å². The fraction of sp³-hybridized carbons (Fsp3) is 0.516. The first-order valence-corrected chi connectivity index (χ1v) is 13.9. The minimum Gasteiger partial charge on any atom is -0.494 e. The third-order valence-corrected chi connectivity index (χ3v) is 6.76. The summed E-state index contributed by atoms with van der Waals surface area (Å²) in [5, 5.41) is 0. The van der Waals surface area contributed by atoms with E-state index in [-0.39, 0.29) is 5.56 Å². The zero-order chi connectivity index (χ0) is 25.6. The maximum Gasteiger partial charge on any atom is 0.166 e. The number of hydrogen-bond donors (Lipinski definition) is 1. The smallest absolute Gasteiger partial charge is 0.166 e. The lowest BCUT2D eigenvalue weighted by molar-refractivity contribution is 0.304. The molecule has 36 heavy (non-hydrogen) atoms. The molecule has 0 aliphatic carbocycles. The number of aromatic nitrogens is 2. The van der Waals surface area contributed by atoms with Crippen LogP contribution in [-0.2, 0) is 6.42 Å². The SMILES string of the molecule is CCCCCCCCOc1ccc(-c2ncc[nH]2)c(-c2ccc(CCCCCCCC)c(F)c2F)c1. The Labute approximate surface area is 215 Å². The first-order valence-electron chi connectivity index (χ1n) is 13.9. The van der Waals surface area contributed by atoms with E-state index in [2.05, 4.69) is 23.8 Å². The molecule has 1 N–H and O–H groups in total. The molecule has 3 rings (SSSR count). The number of nitrogens with zero attached hydrogens (tertiary/aromatic N) is 1. The van der Waals surface area contributed by atoms with E-state index in [0.29, 0.717) is 41.3 Å². The molecular weight excluding hydrogens is 454 g/mol. The Balaban J connectivity index is 1.73. The van der Waals surface area contributed by atoms with Gasteiger partial charge in [0.15, 0.2) is 11.6 Å². The van der Waals surface area contributed by atoms with E-state index in [1.165, 1.54) is 44.9 Å². The van der Waals surface area contributed by atoms with E-state index < -0.39 is 11.6 Å². The van der Waals surface area contributed by atoms with Gasteiger partial charge in [0, 0.05) is 23.5 Å². The lowest BCUT2D eigenvalue weighted by Crippen LogP contribution is -2.01. The second-order valence-corrected chi connectivity index (χ2v) is 9.68. The number of aryl methyl sites for hydroxylation is 1. The predicted molar refractivity (Wildman–Crippen MR) is 145 cm³/mol. The van der Waals surface area contributed by atoms with Gasteiger partial charge in [0.2, 0.25) is 0 Å². The van der Waals surface area contributed by atoms with Crippen molar-refractivity contribution in [1.29, 1.82) is 0 Å². The van der Waals surface area contributed by atoms with Crippen molar-refractivity contribution in [1.82, 2.24) is 9.97 Å². The number of ether oxygens (including phenoxy) is 1. The minimum atomic E-state index is -0.806. The standard InChI is InChI=1S/C31H42F2N2O/c1-3-5-7-9-11-13-15-24-16-18-26(30(33)29(24)32)28-23-25(36-22-14-12-10-8-6-4-2)17-19-27(28)31-34-20-21-35-31/h16-21,23H,3-15,22H2,1-2H3,(H,34,35). The molecule has 0 aliphatic heterocycles. The molecule has 0 radical (unpaired) electrons. The largest absolute Gasteiger partial charge is 0.494 e. The number of aromatic amines is 1. The zero-order valence-electron chi connectivity index (χ0n) is 22.1. The molecule has 1 aromatic heterocycles.